The van der Waals surface area contributed by atoms with E-state index in [0.717, 1.165) is 4.68 Å². The van der Waals surface area contributed by atoms with E-state index in [1.807, 2.05) is 0 Å². The Bertz CT molecular complexity index is 685. The van der Waals surface area contributed by atoms with Crippen molar-refractivity contribution in [3.05, 3.63) is 24.3 Å². The summed E-state index contributed by atoms with van der Waals surface area (Å²) in [5, 5.41) is 18.0. The quantitative estimate of drug-likeness (QED) is 0.605. The van der Waals surface area contributed by atoms with Gasteiger partial charge < -0.3 is 5.73 Å². The molecule has 3 rings (SSSR count). The molecule has 0 saturated carbocycles. The maximum Gasteiger partial charge on any atom is 0.340 e. The predicted molar refractivity (Wildman–Crippen MR) is 56.7 cm³/mol. The van der Waals surface area contributed by atoms with Crippen molar-refractivity contribution in [2.75, 3.05) is 0 Å². The number of aromatic amines is 1. The normalized spacial score (nSPS) is 10.8. The Hall–Kier alpha value is -2.77. The van der Waals surface area contributed by atoms with Gasteiger partial charge in [0, 0.05) is 5.39 Å². The van der Waals surface area contributed by atoms with Crippen LogP contribution in [0.2, 0.25) is 0 Å². The van der Waals surface area contributed by atoms with E-state index in [2.05, 4.69) is 31.8 Å². The summed E-state index contributed by atoms with van der Waals surface area (Å²) < 4.78 is 1.10. The molecule has 2 aromatic heterocycles. The van der Waals surface area contributed by atoms with Crippen LogP contribution in [0.1, 0.15) is 0 Å². The number of nitrogens with two attached hydrogens (primary N) is 1. The zero-order valence-electron chi connectivity index (χ0n) is 8.45. The van der Waals surface area contributed by atoms with E-state index in [-0.39, 0.29) is 0 Å². The molecule has 8 heteroatoms. The highest BCUT2D eigenvalue weighted by Crippen LogP contribution is 2.24. The lowest BCUT2D eigenvalue weighted by Gasteiger charge is -1.93. The second-order valence-electron chi connectivity index (χ2n) is 3.29. The van der Waals surface area contributed by atoms with Gasteiger partial charge in [0.25, 0.3) is 0 Å². The molecule has 17 heavy (non-hydrogen) atoms. The molecule has 0 fully saturated rings. The molecule has 83 valence electrons. The van der Waals surface area contributed by atoms with Gasteiger partial charge in [-0.1, -0.05) is 6.07 Å². The zero-order chi connectivity index (χ0) is 11.8. The van der Waals surface area contributed by atoms with Crippen molar-refractivity contribution >= 4 is 16.9 Å². The first-order chi connectivity index (χ1) is 8.27. The highest BCUT2D eigenvalue weighted by molar-refractivity contribution is 5.96. The van der Waals surface area contributed by atoms with Crippen LogP contribution in [0.5, 0.6) is 0 Å². The summed E-state index contributed by atoms with van der Waals surface area (Å²) in [4.78, 5) is 11.2. The van der Waals surface area contributed by atoms with Gasteiger partial charge in [0.05, 0.1) is 5.52 Å². The topological polar surface area (TPSA) is 115 Å². The van der Waals surface area contributed by atoms with Gasteiger partial charge in [0.15, 0.2) is 0 Å². The second kappa shape index (κ2) is 3.37. The molecule has 0 bridgehead atoms. The summed E-state index contributed by atoms with van der Waals surface area (Å²) in [7, 11) is 0. The maximum atomic E-state index is 11.2. The molecule has 0 spiro atoms. The van der Waals surface area contributed by atoms with Gasteiger partial charge in [0.1, 0.15) is 5.69 Å². The molecule has 0 aliphatic rings. The molecule has 1 amide bonds. The lowest BCUT2D eigenvalue weighted by molar-refractivity contribution is 0.248. The Morgan fingerprint density at radius 2 is 2.41 bits per heavy atom. The van der Waals surface area contributed by atoms with Crippen LogP contribution < -0.4 is 5.73 Å². The minimum atomic E-state index is -0.667. The minimum Gasteiger partial charge on any atom is -0.350 e. The van der Waals surface area contributed by atoms with Crippen LogP contribution in [0.3, 0.4) is 0 Å². The Morgan fingerprint density at radius 1 is 1.53 bits per heavy atom. The zero-order valence-corrected chi connectivity index (χ0v) is 8.45. The standard InChI is InChI=1S/C9H6N7O/c10-9(17)16-6-4-2-1-3-5(6)7(13-16)8-11-14-15-12-8/h2-4H,(H2,10,17)(H,11,12,14,15). The van der Waals surface area contributed by atoms with Gasteiger partial charge >= 0.3 is 6.03 Å². The van der Waals surface area contributed by atoms with E-state index in [9.17, 15) is 4.79 Å². The van der Waals surface area contributed by atoms with Crippen LogP contribution in [0.4, 0.5) is 4.79 Å². The van der Waals surface area contributed by atoms with E-state index >= 15 is 0 Å². The second-order valence-corrected chi connectivity index (χ2v) is 3.29. The lowest BCUT2D eigenvalue weighted by atomic mass is 10.2. The monoisotopic (exact) mass is 228 g/mol. The molecule has 2 heterocycles. The van der Waals surface area contributed by atoms with Crippen molar-refractivity contribution in [3.63, 3.8) is 0 Å². The Balaban J connectivity index is 2.37. The summed E-state index contributed by atoms with van der Waals surface area (Å²) in [6.45, 7) is 0. The number of hydrogen-bond acceptors (Lipinski definition) is 5. The summed E-state index contributed by atoms with van der Waals surface area (Å²) in [6.07, 6.45) is 0. The van der Waals surface area contributed by atoms with Gasteiger partial charge in [-0.25, -0.2) is 9.89 Å². The van der Waals surface area contributed by atoms with Crippen molar-refractivity contribution < 1.29 is 4.79 Å². The van der Waals surface area contributed by atoms with E-state index < -0.39 is 6.03 Å². The molecule has 1 aromatic carbocycles. The number of aromatic nitrogens is 6. The Kier molecular flexibility index (Phi) is 1.87. The smallest absolute Gasteiger partial charge is 0.340 e. The SMILES string of the molecule is NC(=O)n1nc(-c2nnn[nH]2)c2c[c]ccc21. The van der Waals surface area contributed by atoms with Gasteiger partial charge in [0.2, 0.25) is 5.82 Å². The van der Waals surface area contributed by atoms with Crippen LogP contribution in [-0.4, -0.2) is 36.4 Å². The molecule has 0 aliphatic carbocycles. The van der Waals surface area contributed by atoms with E-state index in [4.69, 9.17) is 5.73 Å². The van der Waals surface area contributed by atoms with Crippen LogP contribution >= 0.6 is 0 Å². The summed E-state index contributed by atoms with van der Waals surface area (Å²) in [5.74, 6) is 0.370. The van der Waals surface area contributed by atoms with E-state index in [1.165, 1.54) is 0 Å². The summed E-state index contributed by atoms with van der Waals surface area (Å²) in [6, 6.07) is 7.30. The number of carbonyl (C=O) groups excluding carboxylic acids is 1. The molecule has 0 atom stereocenters. The van der Waals surface area contributed by atoms with Crippen molar-refractivity contribution in [3.8, 4) is 11.5 Å². The van der Waals surface area contributed by atoms with Crippen molar-refractivity contribution in [1.29, 1.82) is 0 Å². The van der Waals surface area contributed by atoms with Crippen molar-refractivity contribution in [2.45, 2.75) is 0 Å². The average molecular weight is 228 g/mol. The Morgan fingerprint density at radius 3 is 3.12 bits per heavy atom. The van der Waals surface area contributed by atoms with Gasteiger partial charge in [-0.2, -0.15) is 9.78 Å². The van der Waals surface area contributed by atoms with Crippen molar-refractivity contribution in [1.82, 2.24) is 30.4 Å². The fraction of sp³-hybridized carbons (Fsp3) is 0. The number of H-pyrrole nitrogens is 1. The largest absolute Gasteiger partial charge is 0.350 e. The third kappa shape index (κ3) is 1.34. The minimum absolute atomic E-state index is 0.370. The van der Waals surface area contributed by atoms with E-state index in [1.54, 1.807) is 18.2 Å². The number of tetrazole rings is 1. The average Bonchev–Trinajstić information content (AvgIpc) is 2.95. The fourth-order valence-corrected chi connectivity index (χ4v) is 1.61. The molecule has 0 saturated heterocycles. The predicted octanol–water partition coefficient (Wildman–Crippen LogP) is -0.0566. The molecule has 1 radical (unpaired) electrons. The molecule has 0 unspecified atom stereocenters. The molecule has 3 aromatic rings. The van der Waals surface area contributed by atoms with Crippen molar-refractivity contribution in [2.24, 2.45) is 5.73 Å². The van der Waals surface area contributed by atoms with Gasteiger partial charge in [-0.15, -0.1) is 5.10 Å². The number of nitrogens with zero attached hydrogens (tertiary/aromatic N) is 5. The number of hydrogen-bond donors (Lipinski definition) is 2. The van der Waals surface area contributed by atoms with Crippen LogP contribution in [0.15, 0.2) is 18.2 Å². The third-order valence-corrected chi connectivity index (χ3v) is 2.30. The first-order valence-corrected chi connectivity index (χ1v) is 4.70. The van der Waals surface area contributed by atoms with Crippen LogP contribution in [0, 0.1) is 6.07 Å². The maximum absolute atomic E-state index is 11.2. The molecular weight excluding hydrogens is 222 g/mol. The van der Waals surface area contributed by atoms with E-state index in [0.29, 0.717) is 22.4 Å². The highest BCUT2D eigenvalue weighted by atomic mass is 16.2. The van der Waals surface area contributed by atoms with Crippen LogP contribution in [0.25, 0.3) is 22.4 Å². The first-order valence-electron chi connectivity index (χ1n) is 4.70. The number of benzene rings is 1. The highest BCUT2D eigenvalue weighted by Gasteiger charge is 2.16. The molecule has 3 N–H and O–H groups in total. The van der Waals surface area contributed by atoms with Gasteiger partial charge in [-0.05, 0) is 28.6 Å². The number of fused-ring (bicyclic) bond motifs is 1. The number of carbonyl (C=O) groups is 1. The number of nitrogens with one attached hydrogen (secondary N) is 1. The molecule has 0 aliphatic heterocycles. The number of primary amides is 1. The summed E-state index contributed by atoms with van der Waals surface area (Å²) >= 11 is 0. The number of amides is 1. The number of rotatable bonds is 1. The molecular formula is C9H6N7O. The molecule has 8 nitrogen and oxygen atoms in total. The lowest BCUT2D eigenvalue weighted by Crippen LogP contribution is -2.20. The summed E-state index contributed by atoms with van der Waals surface area (Å²) in [5.41, 5.74) is 6.28. The first kappa shape index (κ1) is 9.46. The third-order valence-electron chi connectivity index (χ3n) is 2.30. The van der Waals surface area contributed by atoms with Gasteiger partial charge in [-0.3, -0.25) is 0 Å². The Labute approximate surface area is 94.4 Å². The fourth-order valence-electron chi connectivity index (χ4n) is 1.61. The van der Waals surface area contributed by atoms with Crippen LogP contribution in [-0.2, 0) is 0 Å².